The molecule has 1 saturated carbocycles. The van der Waals surface area contributed by atoms with E-state index in [4.69, 9.17) is 5.73 Å². The molecule has 1 aromatic carbocycles. The summed E-state index contributed by atoms with van der Waals surface area (Å²) in [5.74, 6) is 0. The minimum absolute atomic E-state index is 0.125. The van der Waals surface area contributed by atoms with E-state index in [2.05, 4.69) is 41.1 Å². The Bertz CT molecular complexity index is 329. The zero-order valence-electron chi connectivity index (χ0n) is 7.81. The highest BCUT2D eigenvalue weighted by Gasteiger charge is 2.37. The lowest BCUT2D eigenvalue weighted by Gasteiger charge is -2.09. The van der Waals surface area contributed by atoms with Gasteiger partial charge in [0.05, 0.1) is 0 Å². The zero-order valence-corrected chi connectivity index (χ0v) is 9.39. The molecule has 1 fully saturated rings. The highest BCUT2D eigenvalue weighted by atomic mass is 79.9. The monoisotopic (exact) mass is 239 g/mol. The van der Waals surface area contributed by atoms with Crippen LogP contribution in [0.3, 0.4) is 0 Å². The van der Waals surface area contributed by atoms with Crippen LogP contribution in [-0.2, 0) is 6.42 Å². The Morgan fingerprint density at radius 1 is 1.46 bits per heavy atom. The molecule has 0 heterocycles. The quantitative estimate of drug-likeness (QED) is 0.845. The molecule has 2 rings (SSSR count). The van der Waals surface area contributed by atoms with Crippen molar-refractivity contribution in [3.8, 4) is 0 Å². The van der Waals surface area contributed by atoms with Crippen LogP contribution < -0.4 is 5.73 Å². The molecule has 1 aromatic rings. The zero-order chi connectivity index (χ0) is 9.47. The van der Waals surface area contributed by atoms with Crippen LogP contribution in [0.15, 0.2) is 22.7 Å². The van der Waals surface area contributed by atoms with E-state index < -0.39 is 0 Å². The fourth-order valence-electron chi connectivity index (χ4n) is 1.56. The third-order valence-corrected chi connectivity index (χ3v) is 3.56. The molecule has 1 aliphatic rings. The van der Waals surface area contributed by atoms with E-state index in [0.29, 0.717) is 0 Å². The van der Waals surface area contributed by atoms with E-state index in [9.17, 15) is 0 Å². The molecule has 0 amide bonds. The molecule has 0 bridgehead atoms. The topological polar surface area (TPSA) is 26.0 Å². The Hall–Kier alpha value is -0.340. The maximum absolute atomic E-state index is 6.06. The lowest BCUT2D eigenvalue weighted by atomic mass is 10.0. The number of hydrogen-bond acceptors (Lipinski definition) is 1. The maximum Gasteiger partial charge on any atom is 0.0204 e. The highest BCUT2D eigenvalue weighted by Crippen LogP contribution is 2.36. The summed E-state index contributed by atoms with van der Waals surface area (Å²) in [6.07, 6.45) is 3.39. The minimum Gasteiger partial charge on any atom is -0.325 e. The van der Waals surface area contributed by atoms with E-state index >= 15 is 0 Å². The Morgan fingerprint density at radius 3 is 2.69 bits per heavy atom. The van der Waals surface area contributed by atoms with Gasteiger partial charge in [-0.3, -0.25) is 0 Å². The average molecular weight is 240 g/mol. The number of nitrogens with two attached hydrogens (primary N) is 1. The summed E-state index contributed by atoms with van der Waals surface area (Å²) in [5.41, 5.74) is 8.84. The summed E-state index contributed by atoms with van der Waals surface area (Å²) in [6, 6.07) is 6.48. The first-order chi connectivity index (χ1) is 6.09. The van der Waals surface area contributed by atoms with Crippen LogP contribution in [0.4, 0.5) is 0 Å². The van der Waals surface area contributed by atoms with Crippen LogP contribution in [0.25, 0.3) is 0 Å². The molecule has 1 nitrogen and oxygen atoms in total. The van der Waals surface area contributed by atoms with Gasteiger partial charge in [0.2, 0.25) is 0 Å². The molecule has 0 unspecified atom stereocenters. The molecule has 2 N–H and O–H groups in total. The summed E-state index contributed by atoms with van der Waals surface area (Å²) in [7, 11) is 0. The van der Waals surface area contributed by atoms with Gasteiger partial charge in [0, 0.05) is 10.0 Å². The van der Waals surface area contributed by atoms with Gasteiger partial charge in [-0.15, -0.1) is 0 Å². The summed E-state index contributed by atoms with van der Waals surface area (Å²) in [5, 5.41) is 0. The lowest BCUT2D eigenvalue weighted by Crippen LogP contribution is -2.24. The molecule has 70 valence electrons. The largest absolute Gasteiger partial charge is 0.325 e. The van der Waals surface area contributed by atoms with Crippen LogP contribution in [0.1, 0.15) is 24.0 Å². The summed E-state index contributed by atoms with van der Waals surface area (Å²) >= 11 is 3.49. The number of aryl methyl sites for hydroxylation is 1. The molecule has 0 aromatic heterocycles. The van der Waals surface area contributed by atoms with E-state index in [1.807, 2.05) is 0 Å². The van der Waals surface area contributed by atoms with Gasteiger partial charge >= 0.3 is 0 Å². The van der Waals surface area contributed by atoms with Crippen LogP contribution in [-0.4, -0.2) is 5.54 Å². The maximum atomic E-state index is 6.06. The second-order valence-corrected chi connectivity index (χ2v) is 4.98. The molecule has 0 saturated heterocycles. The molecular weight excluding hydrogens is 226 g/mol. The second-order valence-electron chi connectivity index (χ2n) is 4.12. The van der Waals surface area contributed by atoms with Gasteiger partial charge in [0.25, 0.3) is 0 Å². The lowest BCUT2D eigenvalue weighted by molar-refractivity contribution is 0.672. The predicted molar refractivity (Wildman–Crippen MR) is 58.7 cm³/mol. The first-order valence-electron chi connectivity index (χ1n) is 4.63. The molecule has 0 aliphatic heterocycles. The van der Waals surface area contributed by atoms with Gasteiger partial charge in [-0.2, -0.15) is 0 Å². The van der Waals surface area contributed by atoms with Crippen molar-refractivity contribution in [2.24, 2.45) is 5.73 Å². The Kier molecular flexibility index (Phi) is 2.20. The van der Waals surface area contributed by atoms with Gasteiger partial charge in [0.15, 0.2) is 0 Å². The minimum atomic E-state index is 0.125. The van der Waals surface area contributed by atoms with Gasteiger partial charge < -0.3 is 5.73 Å². The number of rotatable bonds is 2. The van der Waals surface area contributed by atoms with Crippen molar-refractivity contribution in [1.29, 1.82) is 0 Å². The SMILES string of the molecule is Cc1cc(CC2(N)CC2)ccc1Br. The fourth-order valence-corrected chi connectivity index (χ4v) is 1.81. The third-order valence-electron chi connectivity index (χ3n) is 2.67. The summed E-state index contributed by atoms with van der Waals surface area (Å²) < 4.78 is 1.18. The molecule has 0 atom stereocenters. The van der Waals surface area contributed by atoms with Crippen molar-refractivity contribution >= 4 is 15.9 Å². The van der Waals surface area contributed by atoms with E-state index in [1.54, 1.807) is 0 Å². The van der Waals surface area contributed by atoms with Crippen molar-refractivity contribution in [2.45, 2.75) is 31.7 Å². The van der Waals surface area contributed by atoms with Crippen molar-refractivity contribution < 1.29 is 0 Å². The van der Waals surface area contributed by atoms with Crippen LogP contribution in [0.2, 0.25) is 0 Å². The molecular formula is C11H14BrN. The summed E-state index contributed by atoms with van der Waals surface area (Å²) in [4.78, 5) is 0. The van der Waals surface area contributed by atoms with E-state index in [1.165, 1.54) is 28.4 Å². The normalized spacial score (nSPS) is 18.7. The predicted octanol–water partition coefficient (Wildman–Crippen LogP) is 2.79. The van der Waals surface area contributed by atoms with Crippen molar-refractivity contribution in [3.63, 3.8) is 0 Å². The van der Waals surface area contributed by atoms with E-state index in [-0.39, 0.29) is 5.54 Å². The second kappa shape index (κ2) is 3.10. The van der Waals surface area contributed by atoms with Gasteiger partial charge in [-0.25, -0.2) is 0 Å². The van der Waals surface area contributed by atoms with Crippen molar-refractivity contribution in [1.82, 2.24) is 0 Å². The number of halogens is 1. The van der Waals surface area contributed by atoms with Crippen LogP contribution in [0, 0.1) is 6.92 Å². The highest BCUT2D eigenvalue weighted by molar-refractivity contribution is 9.10. The van der Waals surface area contributed by atoms with Crippen LogP contribution >= 0.6 is 15.9 Å². The molecule has 1 aliphatic carbocycles. The Labute approximate surface area is 87.5 Å². The number of benzene rings is 1. The molecule has 0 spiro atoms. The van der Waals surface area contributed by atoms with E-state index in [0.717, 1.165) is 6.42 Å². The van der Waals surface area contributed by atoms with Gasteiger partial charge in [-0.05, 0) is 43.4 Å². The average Bonchev–Trinajstić information content (AvgIpc) is 2.76. The van der Waals surface area contributed by atoms with Crippen molar-refractivity contribution in [3.05, 3.63) is 33.8 Å². The molecule has 2 heteroatoms. The Balaban J connectivity index is 2.17. The number of hydrogen-bond donors (Lipinski definition) is 1. The summed E-state index contributed by atoms with van der Waals surface area (Å²) in [6.45, 7) is 2.11. The first-order valence-corrected chi connectivity index (χ1v) is 5.42. The van der Waals surface area contributed by atoms with Crippen LogP contribution in [0.5, 0.6) is 0 Å². The third kappa shape index (κ3) is 2.12. The fraction of sp³-hybridized carbons (Fsp3) is 0.455. The molecule has 13 heavy (non-hydrogen) atoms. The van der Waals surface area contributed by atoms with Gasteiger partial charge in [0.1, 0.15) is 0 Å². The first kappa shape index (κ1) is 9.22. The standard InChI is InChI=1S/C11H14BrN/c1-8-6-9(2-3-10(8)12)7-11(13)4-5-11/h2-3,6H,4-5,7,13H2,1H3. The Morgan fingerprint density at radius 2 is 2.15 bits per heavy atom. The smallest absolute Gasteiger partial charge is 0.0204 e. The van der Waals surface area contributed by atoms with Gasteiger partial charge in [-0.1, -0.05) is 28.1 Å². The molecule has 0 radical (unpaired) electrons. The van der Waals surface area contributed by atoms with Crippen molar-refractivity contribution in [2.75, 3.05) is 0 Å².